The molecule has 6 heteroatoms. The Morgan fingerprint density at radius 3 is 2.31 bits per heavy atom. The van der Waals surface area contributed by atoms with Crippen molar-refractivity contribution in [2.24, 2.45) is 0 Å². The summed E-state index contributed by atoms with van der Waals surface area (Å²) in [6.07, 6.45) is 2.99. The van der Waals surface area contributed by atoms with E-state index in [9.17, 15) is 8.42 Å². The zero-order chi connectivity index (χ0) is 12.2. The Bertz CT molecular complexity index is 424. The number of nitrogens with zero attached hydrogens (tertiary/aromatic N) is 2. The van der Waals surface area contributed by atoms with Crippen LogP contribution in [-0.2, 0) is 10.0 Å². The number of nitrogens with one attached hydrogen (secondary N) is 1. The normalized spacial score (nSPS) is 20.9. The van der Waals surface area contributed by atoms with Gasteiger partial charge in [0, 0.05) is 0 Å². The van der Waals surface area contributed by atoms with Crippen molar-refractivity contribution in [3.63, 3.8) is 0 Å². The van der Waals surface area contributed by atoms with Gasteiger partial charge in [0.15, 0.2) is 5.25 Å². The summed E-state index contributed by atoms with van der Waals surface area (Å²) in [5.41, 5.74) is -0.983. The van der Waals surface area contributed by atoms with Gasteiger partial charge < -0.3 is 0 Å². The summed E-state index contributed by atoms with van der Waals surface area (Å²) in [4.78, 5) is 0. The summed E-state index contributed by atoms with van der Waals surface area (Å²) in [6.45, 7) is 1.64. The van der Waals surface area contributed by atoms with E-state index in [1.807, 2.05) is 6.07 Å². The van der Waals surface area contributed by atoms with Crippen LogP contribution in [0.15, 0.2) is 0 Å². The maximum Gasteiger partial charge on any atom is 0.229 e. The number of sulfonamides is 1. The van der Waals surface area contributed by atoms with E-state index in [0.717, 1.165) is 12.8 Å². The van der Waals surface area contributed by atoms with Crippen LogP contribution in [0.1, 0.15) is 39.0 Å². The lowest BCUT2D eigenvalue weighted by molar-refractivity contribution is 0.481. The lowest BCUT2D eigenvalue weighted by Gasteiger charge is -2.23. The van der Waals surface area contributed by atoms with E-state index in [4.69, 9.17) is 10.5 Å². The summed E-state index contributed by atoms with van der Waals surface area (Å²) in [6, 6.07) is 3.78. The van der Waals surface area contributed by atoms with Crippen molar-refractivity contribution in [1.82, 2.24) is 4.72 Å². The van der Waals surface area contributed by atoms with Crippen LogP contribution in [0.4, 0.5) is 0 Å². The molecule has 0 heterocycles. The Balaban J connectivity index is 2.88. The second-order valence-corrected chi connectivity index (χ2v) is 5.94. The Kier molecular flexibility index (Phi) is 3.90. The molecule has 1 unspecified atom stereocenters. The molecule has 16 heavy (non-hydrogen) atoms. The van der Waals surface area contributed by atoms with Crippen molar-refractivity contribution in [3.05, 3.63) is 0 Å². The van der Waals surface area contributed by atoms with E-state index in [2.05, 4.69) is 4.72 Å². The van der Waals surface area contributed by atoms with Gasteiger partial charge >= 0.3 is 0 Å². The van der Waals surface area contributed by atoms with E-state index in [1.165, 1.54) is 0 Å². The lowest BCUT2D eigenvalue weighted by Crippen LogP contribution is -2.48. The zero-order valence-corrected chi connectivity index (χ0v) is 10.0. The van der Waals surface area contributed by atoms with Gasteiger partial charge in [0.05, 0.1) is 12.1 Å². The Hall–Kier alpha value is -1.11. The predicted octanol–water partition coefficient (Wildman–Crippen LogP) is 1.04. The van der Waals surface area contributed by atoms with Crippen LogP contribution in [0.3, 0.4) is 0 Å². The molecule has 0 aromatic heterocycles. The minimum Gasteiger partial charge on any atom is -0.211 e. The van der Waals surface area contributed by atoms with E-state index in [1.54, 1.807) is 13.0 Å². The molecule has 0 aromatic rings. The molecule has 1 aliphatic carbocycles. The summed E-state index contributed by atoms with van der Waals surface area (Å²) >= 11 is 0. The minimum absolute atomic E-state index is 0.230. The second-order valence-electron chi connectivity index (χ2n) is 4.07. The molecule has 0 saturated heterocycles. The van der Waals surface area contributed by atoms with Crippen LogP contribution in [0.2, 0.25) is 0 Å². The van der Waals surface area contributed by atoms with Crippen molar-refractivity contribution in [1.29, 1.82) is 10.5 Å². The molecule has 5 nitrogen and oxygen atoms in total. The molecular formula is C10H15N3O2S. The van der Waals surface area contributed by atoms with E-state index >= 15 is 0 Å². The van der Waals surface area contributed by atoms with Crippen molar-refractivity contribution in [3.8, 4) is 12.1 Å². The highest BCUT2D eigenvalue weighted by Crippen LogP contribution is 2.30. The molecule has 0 spiro atoms. The monoisotopic (exact) mass is 241 g/mol. The van der Waals surface area contributed by atoms with Gasteiger partial charge in [-0.3, -0.25) is 0 Å². The highest BCUT2D eigenvalue weighted by Gasteiger charge is 2.40. The van der Waals surface area contributed by atoms with Crippen molar-refractivity contribution < 1.29 is 8.42 Å². The van der Waals surface area contributed by atoms with Crippen LogP contribution in [-0.4, -0.2) is 19.2 Å². The Labute approximate surface area is 96.1 Å². The second kappa shape index (κ2) is 4.82. The maximum absolute atomic E-state index is 11.8. The molecule has 1 N–H and O–H groups in total. The maximum atomic E-state index is 11.8. The third-order valence-electron chi connectivity index (χ3n) is 2.90. The first-order chi connectivity index (χ1) is 7.49. The minimum atomic E-state index is -3.71. The lowest BCUT2D eigenvalue weighted by atomic mass is 10.0. The van der Waals surface area contributed by atoms with E-state index in [0.29, 0.717) is 12.8 Å². The first-order valence-electron chi connectivity index (χ1n) is 5.33. The smallest absolute Gasteiger partial charge is 0.211 e. The SMILES string of the molecule is CCC(C#N)S(=O)(=O)NC1(C#N)CCCC1. The summed E-state index contributed by atoms with van der Waals surface area (Å²) in [5, 5.41) is 16.7. The topological polar surface area (TPSA) is 93.8 Å². The zero-order valence-electron chi connectivity index (χ0n) is 9.23. The van der Waals surface area contributed by atoms with Gasteiger partial charge in [0.25, 0.3) is 0 Å². The van der Waals surface area contributed by atoms with Gasteiger partial charge in [-0.15, -0.1) is 0 Å². The number of hydrogen-bond acceptors (Lipinski definition) is 4. The van der Waals surface area contributed by atoms with E-state index in [-0.39, 0.29) is 6.42 Å². The molecule has 0 aromatic carbocycles. The third-order valence-corrected chi connectivity index (χ3v) is 4.76. The van der Waals surface area contributed by atoms with Crippen molar-refractivity contribution >= 4 is 10.0 Å². The van der Waals surface area contributed by atoms with Gasteiger partial charge in [0.1, 0.15) is 5.54 Å². The van der Waals surface area contributed by atoms with Crippen LogP contribution in [0.25, 0.3) is 0 Å². The van der Waals surface area contributed by atoms with Gasteiger partial charge in [0.2, 0.25) is 10.0 Å². The summed E-state index contributed by atoms with van der Waals surface area (Å²) in [5.74, 6) is 0. The fourth-order valence-electron chi connectivity index (χ4n) is 1.94. The average molecular weight is 241 g/mol. The Morgan fingerprint density at radius 1 is 1.38 bits per heavy atom. The molecule has 1 rings (SSSR count). The van der Waals surface area contributed by atoms with Crippen molar-refractivity contribution in [2.45, 2.75) is 49.8 Å². The van der Waals surface area contributed by atoms with Crippen molar-refractivity contribution in [2.75, 3.05) is 0 Å². The highest BCUT2D eigenvalue weighted by molar-refractivity contribution is 7.90. The fraction of sp³-hybridized carbons (Fsp3) is 0.800. The highest BCUT2D eigenvalue weighted by atomic mass is 32.2. The number of rotatable bonds is 4. The molecule has 0 radical (unpaired) electrons. The molecule has 1 atom stereocenters. The molecule has 1 aliphatic rings. The molecule has 0 bridgehead atoms. The van der Waals surface area contributed by atoms with Gasteiger partial charge in [-0.25, -0.2) is 8.42 Å². The standard InChI is InChI=1S/C10H15N3O2S/c1-2-9(7-11)16(14,15)13-10(8-12)5-3-4-6-10/h9,13H,2-6H2,1H3. The summed E-state index contributed by atoms with van der Waals surface area (Å²) in [7, 11) is -3.71. The van der Waals surface area contributed by atoms with E-state index < -0.39 is 20.8 Å². The van der Waals surface area contributed by atoms with Crippen LogP contribution in [0.5, 0.6) is 0 Å². The molecule has 0 amide bonds. The van der Waals surface area contributed by atoms with Crippen LogP contribution >= 0.6 is 0 Å². The van der Waals surface area contributed by atoms with Gasteiger partial charge in [-0.05, 0) is 19.3 Å². The number of hydrogen-bond donors (Lipinski definition) is 1. The molecular weight excluding hydrogens is 226 g/mol. The third kappa shape index (κ3) is 2.52. The predicted molar refractivity (Wildman–Crippen MR) is 58.6 cm³/mol. The first kappa shape index (κ1) is 13.0. The molecule has 1 saturated carbocycles. The number of nitriles is 2. The van der Waals surface area contributed by atoms with Gasteiger partial charge in [-0.1, -0.05) is 19.8 Å². The Morgan fingerprint density at radius 2 is 1.94 bits per heavy atom. The molecule has 0 aliphatic heterocycles. The first-order valence-corrected chi connectivity index (χ1v) is 6.88. The fourth-order valence-corrected chi connectivity index (χ4v) is 3.45. The summed E-state index contributed by atoms with van der Waals surface area (Å²) < 4.78 is 26.1. The average Bonchev–Trinajstić information content (AvgIpc) is 2.67. The molecule has 1 fully saturated rings. The largest absolute Gasteiger partial charge is 0.229 e. The van der Waals surface area contributed by atoms with Crippen LogP contribution in [0, 0.1) is 22.7 Å². The van der Waals surface area contributed by atoms with Crippen LogP contribution < -0.4 is 4.72 Å². The molecule has 88 valence electrons. The van der Waals surface area contributed by atoms with Gasteiger partial charge in [-0.2, -0.15) is 15.2 Å². The quantitative estimate of drug-likeness (QED) is 0.795.